The molecular weight excluding hydrogens is 382 g/mol. The molecule has 1 heterocycles. The second-order valence-electron chi connectivity index (χ2n) is 6.07. The maximum Gasteiger partial charge on any atom is 0.257 e. The number of Topliss-reactive ketones (excluding diaryl/α,β-unsaturated/α-hetero) is 1. The molecular formula is C21H18ClNO3S. The van der Waals surface area contributed by atoms with Gasteiger partial charge in [-0.15, -0.1) is 11.3 Å². The molecule has 0 radical (unpaired) electrons. The molecule has 3 aromatic rings. The fraction of sp³-hybridized carbons (Fsp3) is 0.143. The lowest BCUT2D eigenvalue weighted by atomic mass is 10.1. The first-order valence-electron chi connectivity index (χ1n) is 8.31. The first-order chi connectivity index (χ1) is 12.9. The van der Waals surface area contributed by atoms with E-state index in [-0.39, 0.29) is 11.7 Å². The molecule has 0 bridgehead atoms. The van der Waals surface area contributed by atoms with Crippen molar-refractivity contribution in [2.24, 2.45) is 0 Å². The topological polar surface area (TPSA) is 55.4 Å². The largest absolute Gasteiger partial charge is 0.488 e. The maximum absolute atomic E-state index is 12.6. The summed E-state index contributed by atoms with van der Waals surface area (Å²) in [5.41, 5.74) is 2.13. The van der Waals surface area contributed by atoms with Gasteiger partial charge in [-0.25, -0.2) is 0 Å². The van der Waals surface area contributed by atoms with E-state index in [9.17, 15) is 9.59 Å². The van der Waals surface area contributed by atoms with Crippen LogP contribution < -0.4 is 10.1 Å². The van der Waals surface area contributed by atoms with Crippen molar-refractivity contribution in [2.45, 2.75) is 20.5 Å². The molecule has 0 atom stereocenters. The molecule has 27 heavy (non-hydrogen) atoms. The smallest absolute Gasteiger partial charge is 0.257 e. The predicted molar refractivity (Wildman–Crippen MR) is 109 cm³/mol. The van der Waals surface area contributed by atoms with Crippen molar-refractivity contribution >= 4 is 40.3 Å². The van der Waals surface area contributed by atoms with Gasteiger partial charge >= 0.3 is 0 Å². The number of carbonyl (C=O) groups excluding carboxylic acids is 2. The molecule has 0 saturated heterocycles. The quantitative estimate of drug-likeness (QED) is 0.537. The Labute approximate surface area is 166 Å². The van der Waals surface area contributed by atoms with E-state index in [1.54, 1.807) is 41.7 Å². The number of hydrogen-bond acceptors (Lipinski definition) is 4. The van der Waals surface area contributed by atoms with E-state index in [1.165, 1.54) is 6.92 Å². The number of aryl methyl sites for hydroxylation is 1. The first kappa shape index (κ1) is 19.1. The molecule has 6 heteroatoms. The zero-order chi connectivity index (χ0) is 19.4. The van der Waals surface area contributed by atoms with Crippen LogP contribution in [0, 0.1) is 6.92 Å². The fourth-order valence-electron chi connectivity index (χ4n) is 2.56. The molecule has 3 rings (SSSR count). The van der Waals surface area contributed by atoms with Crippen LogP contribution in [0.4, 0.5) is 5.69 Å². The summed E-state index contributed by atoms with van der Waals surface area (Å²) in [6.07, 6.45) is 0. The third-order valence-corrected chi connectivity index (χ3v) is 5.11. The molecule has 0 saturated carbocycles. The average Bonchev–Trinajstić information content (AvgIpc) is 3.14. The van der Waals surface area contributed by atoms with Crippen molar-refractivity contribution in [2.75, 3.05) is 5.32 Å². The van der Waals surface area contributed by atoms with Crippen molar-refractivity contribution in [3.05, 3.63) is 80.5 Å². The zero-order valence-corrected chi connectivity index (χ0v) is 16.5. The monoisotopic (exact) mass is 399 g/mol. The predicted octanol–water partition coefficient (Wildman–Crippen LogP) is 5.74. The van der Waals surface area contributed by atoms with E-state index >= 15 is 0 Å². The number of thiophene rings is 1. The molecule has 0 spiro atoms. The SMILES string of the molecule is CC(=O)c1cc(OCc2cccs2)ccc1NC(=O)c1ccc(C)cc1Cl. The first-order valence-corrected chi connectivity index (χ1v) is 9.57. The number of nitrogens with one attached hydrogen (secondary N) is 1. The molecule has 1 N–H and O–H groups in total. The number of ketones is 1. The molecule has 138 valence electrons. The number of hydrogen-bond donors (Lipinski definition) is 1. The average molecular weight is 400 g/mol. The fourth-order valence-corrected chi connectivity index (χ4v) is 3.49. The highest BCUT2D eigenvalue weighted by Crippen LogP contribution is 2.26. The molecule has 1 amide bonds. The lowest BCUT2D eigenvalue weighted by Gasteiger charge is -2.13. The Bertz CT molecular complexity index is 983. The van der Waals surface area contributed by atoms with Crippen LogP contribution in [-0.4, -0.2) is 11.7 Å². The van der Waals surface area contributed by atoms with Crippen LogP contribution in [0.3, 0.4) is 0 Å². The minimum absolute atomic E-state index is 0.165. The third kappa shape index (κ3) is 4.76. The second kappa shape index (κ2) is 8.37. The van der Waals surface area contributed by atoms with Crippen LogP contribution >= 0.6 is 22.9 Å². The molecule has 0 fully saturated rings. The van der Waals surface area contributed by atoms with Gasteiger partial charge in [0.1, 0.15) is 12.4 Å². The van der Waals surface area contributed by atoms with E-state index in [2.05, 4.69) is 5.32 Å². The number of rotatable bonds is 6. The van der Waals surface area contributed by atoms with Crippen molar-refractivity contribution in [3.63, 3.8) is 0 Å². The molecule has 0 aliphatic rings. The molecule has 0 aliphatic heterocycles. The summed E-state index contributed by atoms with van der Waals surface area (Å²) in [7, 11) is 0. The van der Waals surface area contributed by atoms with Crippen molar-refractivity contribution < 1.29 is 14.3 Å². The molecule has 1 aromatic heterocycles. The van der Waals surface area contributed by atoms with Crippen LogP contribution in [0.5, 0.6) is 5.75 Å². The summed E-state index contributed by atoms with van der Waals surface area (Å²) >= 11 is 7.76. The lowest BCUT2D eigenvalue weighted by molar-refractivity contribution is 0.101. The van der Waals surface area contributed by atoms with E-state index < -0.39 is 0 Å². The second-order valence-corrected chi connectivity index (χ2v) is 7.51. The highest BCUT2D eigenvalue weighted by Gasteiger charge is 2.15. The Balaban J connectivity index is 1.80. The molecule has 4 nitrogen and oxygen atoms in total. The highest BCUT2D eigenvalue weighted by atomic mass is 35.5. The van der Waals surface area contributed by atoms with Gasteiger partial charge in [0.25, 0.3) is 5.91 Å². The lowest BCUT2D eigenvalue weighted by Crippen LogP contribution is -2.15. The van der Waals surface area contributed by atoms with E-state index in [0.29, 0.717) is 34.2 Å². The van der Waals surface area contributed by atoms with Gasteiger partial charge in [-0.1, -0.05) is 23.7 Å². The van der Waals surface area contributed by atoms with Crippen LogP contribution in [0.25, 0.3) is 0 Å². The van der Waals surface area contributed by atoms with Crippen LogP contribution in [0.2, 0.25) is 5.02 Å². The molecule has 0 unspecified atom stereocenters. The van der Waals surface area contributed by atoms with Gasteiger partial charge in [-0.2, -0.15) is 0 Å². The van der Waals surface area contributed by atoms with Gasteiger partial charge < -0.3 is 10.1 Å². The third-order valence-electron chi connectivity index (χ3n) is 3.95. The summed E-state index contributed by atoms with van der Waals surface area (Å²) < 4.78 is 5.74. The summed E-state index contributed by atoms with van der Waals surface area (Å²) in [6.45, 7) is 3.78. The van der Waals surface area contributed by atoms with Gasteiger partial charge in [0.05, 0.1) is 16.3 Å². The van der Waals surface area contributed by atoms with Crippen molar-refractivity contribution in [3.8, 4) is 5.75 Å². The van der Waals surface area contributed by atoms with Gasteiger partial charge in [0, 0.05) is 10.4 Å². The number of amides is 1. The Hall–Kier alpha value is -2.63. The number of benzene rings is 2. The minimum Gasteiger partial charge on any atom is -0.488 e. The Morgan fingerprint density at radius 3 is 2.59 bits per heavy atom. The standard InChI is InChI=1S/C21H18ClNO3S/c1-13-5-7-17(19(22)10-13)21(25)23-20-8-6-15(11-18(20)14(2)24)26-12-16-4-3-9-27-16/h3-11H,12H2,1-2H3,(H,23,25). The number of anilines is 1. The number of halogens is 1. The van der Waals surface area contributed by atoms with E-state index in [4.69, 9.17) is 16.3 Å². The summed E-state index contributed by atoms with van der Waals surface area (Å²) in [4.78, 5) is 25.7. The highest BCUT2D eigenvalue weighted by molar-refractivity contribution is 7.09. The van der Waals surface area contributed by atoms with E-state index in [0.717, 1.165) is 10.4 Å². The van der Waals surface area contributed by atoms with Gasteiger partial charge in [-0.05, 0) is 61.2 Å². The molecule has 0 aliphatic carbocycles. The van der Waals surface area contributed by atoms with Crippen LogP contribution in [0.15, 0.2) is 53.9 Å². The van der Waals surface area contributed by atoms with Gasteiger partial charge in [-0.3, -0.25) is 9.59 Å². The van der Waals surface area contributed by atoms with Crippen LogP contribution in [-0.2, 0) is 6.61 Å². The number of ether oxygens (including phenoxy) is 1. The van der Waals surface area contributed by atoms with Gasteiger partial charge in [0.15, 0.2) is 5.78 Å². The van der Waals surface area contributed by atoms with Crippen molar-refractivity contribution in [1.29, 1.82) is 0 Å². The summed E-state index contributed by atoms with van der Waals surface area (Å²) in [5.74, 6) is 0.0385. The van der Waals surface area contributed by atoms with Crippen molar-refractivity contribution in [1.82, 2.24) is 0 Å². The summed E-state index contributed by atoms with van der Waals surface area (Å²) in [5, 5.41) is 5.12. The Morgan fingerprint density at radius 1 is 1.11 bits per heavy atom. The Morgan fingerprint density at radius 2 is 1.93 bits per heavy atom. The van der Waals surface area contributed by atoms with Gasteiger partial charge in [0.2, 0.25) is 0 Å². The van der Waals surface area contributed by atoms with E-state index in [1.807, 2.05) is 30.5 Å². The molecule has 2 aromatic carbocycles. The summed E-state index contributed by atoms with van der Waals surface area (Å²) in [6, 6.07) is 14.2. The minimum atomic E-state index is -0.366. The number of carbonyl (C=O) groups is 2. The maximum atomic E-state index is 12.6. The van der Waals surface area contributed by atoms with Crippen LogP contribution in [0.1, 0.15) is 38.1 Å². The zero-order valence-electron chi connectivity index (χ0n) is 14.9. The normalized spacial score (nSPS) is 10.5. The Kier molecular flexibility index (Phi) is 5.94.